The lowest BCUT2D eigenvalue weighted by molar-refractivity contribution is 0.0117. The second kappa shape index (κ2) is 8.38. The van der Waals surface area contributed by atoms with E-state index in [0.29, 0.717) is 6.04 Å². The molecular formula is C16H25BrClNO. The Morgan fingerprint density at radius 1 is 1.40 bits per heavy atom. The molecule has 0 aliphatic carbocycles. The molecule has 1 N–H and O–H groups in total. The molecule has 0 saturated carbocycles. The van der Waals surface area contributed by atoms with Gasteiger partial charge in [-0.05, 0) is 73.3 Å². The predicted molar refractivity (Wildman–Crippen MR) is 90.5 cm³/mol. The van der Waals surface area contributed by atoms with Gasteiger partial charge >= 0.3 is 0 Å². The standard InChI is InChI=1S/C16H25BrClNO/c1-5-10-19-15(8-9-16(2,3)20-4)12-6-7-14(18)13(17)11-12/h6-7,11,15,19H,5,8-10H2,1-4H3. The third kappa shape index (κ3) is 5.72. The van der Waals surface area contributed by atoms with Crippen molar-refractivity contribution in [3.63, 3.8) is 0 Å². The molecule has 1 atom stereocenters. The van der Waals surface area contributed by atoms with Crippen LogP contribution in [0.25, 0.3) is 0 Å². The Morgan fingerprint density at radius 3 is 2.65 bits per heavy atom. The Labute approximate surface area is 136 Å². The van der Waals surface area contributed by atoms with Crippen LogP contribution in [-0.2, 0) is 4.74 Å². The van der Waals surface area contributed by atoms with E-state index in [1.165, 1.54) is 5.56 Å². The maximum Gasteiger partial charge on any atom is 0.0623 e. The van der Waals surface area contributed by atoms with Crippen LogP contribution < -0.4 is 5.32 Å². The van der Waals surface area contributed by atoms with Gasteiger partial charge in [-0.25, -0.2) is 0 Å². The van der Waals surface area contributed by atoms with E-state index in [2.05, 4.69) is 54.2 Å². The number of hydrogen-bond donors (Lipinski definition) is 1. The highest BCUT2D eigenvalue weighted by Crippen LogP contribution is 2.29. The summed E-state index contributed by atoms with van der Waals surface area (Å²) in [5.41, 5.74) is 1.18. The number of rotatable bonds is 8. The third-order valence-corrected chi connectivity index (χ3v) is 4.79. The highest BCUT2D eigenvalue weighted by atomic mass is 79.9. The van der Waals surface area contributed by atoms with Crippen molar-refractivity contribution in [3.8, 4) is 0 Å². The highest BCUT2D eigenvalue weighted by molar-refractivity contribution is 9.10. The molecule has 0 heterocycles. The van der Waals surface area contributed by atoms with Gasteiger partial charge in [0.05, 0.1) is 10.6 Å². The molecule has 4 heteroatoms. The third-order valence-electron chi connectivity index (χ3n) is 3.57. The molecule has 1 unspecified atom stereocenters. The van der Waals surface area contributed by atoms with Crippen molar-refractivity contribution in [3.05, 3.63) is 33.3 Å². The Morgan fingerprint density at radius 2 is 2.10 bits per heavy atom. The van der Waals surface area contributed by atoms with Crippen molar-refractivity contribution in [1.82, 2.24) is 5.32 Å². The maximum absolute atomic E-state index is 6.07. The molecule has 1 aromatic rings. The van der Waals surface area contributed by atoms with Gasteiger partial charge in [-0.2, -0.15) is 0 Å². The molecule has 0 radical (unpaired) electrons. The van der Waals surface area contributed by atoms with Gasteiger partial charge in [-0.3, -0.25) is 0 Å². The SMILES string of the molecule is CCCNC(CCC(C)(C)OC)c1ccc(Cl)c(Br)c1. The first-order valence-corrected chi connectivity index (χ1v) is 8.30. The molecule has 0 aliphatic rings. The Kier molecular flexibility index (Phi) is 7.52. The fraction of sp³-hybridized carbons (Fsp3) is 0.625. The van der Waals surface area contributed by atoms with E-state index in [9.17, 15) is 0 Å². The summed E-state index contributed by atoms with van der Waals surface area (Å²) in [5, 5.41) is 4.36. The number of hydrogen-bond acceptors (Lipinski definition) is 2. The largest absolute Gasteiger partial charge is 0.379 e. The number of nitrogens with one attached hydrogen (secondary N) is 1. The van der Waals surface area contributed by atoms with Gasteiger partial charge in [-0.1, -0.05) is 24.6 Å². The van der Waals surface area contributed by atoms with Crippen molar-refractivity contribution >= 4 is 27.5 Å². The summed E-state index contributed by atoms with van der Waals surface area (Å²) < 4.78 is 6.46. The minimum absolute atomic E-state index is 0.0875. The van der Waals surface area contributed by atoms with Gasteiger partial charge < -0.3 is 10.1 Å². The fourth-order valence-corrected chi connectivity index (χ4v) is 2.54. The van der Waals surface area contributed by atoms with Crippen LogP contribution in [0.15, 0.2) is 22.7 Å². The summed E-state index contributed by atoms with van der Waals surface area (Å²) in [6.45, 7) is 7.45. The molecule has 0 bridgehead atoms. The summed E-state index contributed by atoms with van der Waals surface area (Å²) >= 11 is 9.58. The van der Waals surface area contributed by atoms with Crippen molar-refractivity contribution in [2.75, 3.05) is 13.7 Å². The minimum atomic E-state index is -0.0875. The van der Waals surface area contributed by atoms with Crippen LogP contribution in [0.2, 0.25) is 5.02 Å². The highest BCUT2D eigenvalue weighted by Gasteiger charge is 2.20. The Hall–Kier alpha value is -0.0900. The van der Waals surface area contributed by atoms with Gasteiger partial charge in [0, 0.05) is 17.6 Å². The van der Waals surface area contributed by atoms with E-state index in [1.807, 2.05) is 6.07 Å². The summed E-state index contributed by atoms with van der Waals surface area (Å²) in [6.07, 6.45) is 3.17. The van der Waals surface area contributed by atoms with Crippen LogP contribution in [0, 0.1) is 0 Å². The fourth-order valence-electron chi connectivity index (χ4n) is 2.03. The molecule has 0 spiro atoms. The first-order valence-electron chi connectivity index (χ1n) is 7.13. The molecule has 0 amide bonds. The van der Waals surface area contributed by atoms with Crippen molar-refractivity contribution < 1.29 is 4.74 Å². The van der Waals surface area contributed by atoms with E-state index in [1.54, 1.807) is 7.11 Å². The first kappa shape index (κ1) is 18.0. The molecule has 1 aromatic carbocycles. The quantitative estimate of drug-likeness (QED) is 0.673. The second-order valence-electron chi connectivity index (χ2n) is 5.68. The second-order valence-corrected chi connectivity index (χ2v) is 6.94. The summed E-state index contributed by atoms with van der Waals surface area (Å²) in [6, 6.07) is 6.48. The van der Waals surface area contributed by atoms with Gasteiger partial charge in [0.2, 0.25) is 0 Å². The molecular weight excluding hydrogens is 338 g/mol. The summed E-state index contributed by atoms with van der Waals surface area (Å²) in [4.78, 5) is 0. The number of ether oxygens (including phenoxy) is 1. The maximum atomic E-state index is 6.07. The zero-order valence-corrected chi connectivity index (χ0v) is 15.1. The van der Waals surface area contributed by atoms with Gasteiger partial charge in [-0.15, -0.1) is 0 Å². The normalized spacial score (nSPS) is 13.5. The van der Waals surface area contributed by atoms with Crippen LogP contribution in [-0.4, -0.2) is 19.3 Å². The molecule has 0 aromatic heterocycles. The van der Waals surface area contributed by atoms with Gasteiger partial charge in [0.1, 0.15) is 0 Å². The summed E-state index contributed by atoms with van der Waals surface area (Å²) in [5.74, 6) is 0. The van der Waals surface area contributed by atoms with Crippen LogP contribution >= 0.6 is 27.5 Å². The molecule has 2 nitrogen and oxygen atoms in total. The van der Waals surface area contributed by atoms with Crippen LogP contribution in [0.3, 0.4) is 0 Å². The molecule has 0 fully saturated rings. The average Bonchev–Trinajstić information content (AvgIpc) is 2.42. The lowest BCUT2D eigenvalue weighted by atomic mass is 9.95. The van der Waals surface area contributed by atoms with Gasteiger partial charge in [0.25, 0.3) is 0 Å². The number of methoxy groups -OCH3 is 1. The van der Waals surface area contributed by atoms with Crippen molar-refractivity contribution in [2.45, 2.75) is 51.7 Å². The van der Waals surface area contributed by atoms with Crippen LogP contribution in [0.5, 0.6) is 0 Å². The van der Waals surface area contributed by atoms with E-state index in [-0.39, 0.29) is 5.60 Å². The van der Waals surface area contributed by atoms with Crippen molar-refractivity contribution in [1.29, 1.82) is 0 Å². The Balaban J connectivity index is 2.79. The minimum Gasteiger partial charge on any atom is -0.379 e. The van der Waals surface area contributed by atoms with E-state index in [0.717, 1.165) is 35.3 Å². The topological polar surface area (TPSA) is 21.3 Å². The zero-order valence-electron chi connectivity index (χ0n) is 12.8. The van der Waals surface area contributed by atoms with E-state index >= 15 is 0 Å². The smallest absolute Gasteiger partial charge is 0.0623 e. The monoisotopic (exact) mass is 361 g/mol. The summed E-state index contributed by atoms with van der Waals surface area (Å²) in [7, 11) is 1.77. The van der Waals surface area contributed by atoms with Gasteiger partial charge in [0.15, 0.2) is 0 Å². The molecule has 1 rings (SSSR count). The van der Waals surface area contributed by atoms with E-state index in [4.69, 9.17) is 16.3 Å². The van der Waals surface area contributed by atoms with Crippen LogP contribution in [0.4, 0.5) is 0 Å². The predicted octanol–water partition coefficient (Wildman–Crippen LogP) is 5.35. The zero-order chi connectivity index (χ0) is 15.2. The molecule has 114 valence electrons. The molecule has 0 saturated heterocycles. The first-order chi connectivity index (χ1) is 9.39. The number of halogens is 2. The number of benzene rings is 1. The van der Waals surface area contributed by atoms with Crippen LogP contribution in [0.1, 0.15) is 51.6 Å². The molecule has 0 aliphatic heterocycles. The lowest BCUT2D eigenvalue weighted by Crippen LogP contribution is -2.27. The molecule has 20 heavy (non-hydrogen) atoms. The average molecular weight is 363 g/mol. The van der Waals surface area contributed by atoms with E-state index < -0.39 is 0 Å². The van der Waals surface area contributed by atoms with Crippen molar-refractivity contribution in [2.24, 2.45) is 0 Å². The Bertz CT molecular complexity index is 423. The lowest BCUT2D eigenvalue weighted by Gasteiger charge is -2.27.